The van der Waals surface area contributed by atoms with Gasteiger partial charge in [0.15, 0.2) is 0 Å². The molecule has 0 radical (unpaired) electrons. The maximum Gasteiger partial charge on any atom is 1.00 e. The van der Waals surface area contributed by atoms with E-state index in [9.17, 15) is 33.0 Å². The second kappa shape index (κ2) is 22.3. The number of unbranched alkanes of at least 4 members (excludes halogenated alkanes) is 11. The molecule has 1 atom stereocenters. The van der Waals surface area contributed by atoms with Crippen LogP contribution < -0.4 is 74.6 Å². The summed E-state index contributed by atoms with van der Waals surface area (Å²) in [6.07, 6.45) is 16.2. The molecular weight excluding hydrogens is 484 g/mol. The maximum absolute atomic E-state index is 11.9. The standard InChI is InChI=1S/C22H39NO8S.2Na/c1-2-3-4-5-6-7-8-9-10-11-12-13-14-15-16-17-19(24)23-22(21(27)28,18-20(25)26)32(29,30)31;;/h9-10H,2-8,11-18H2,1H3,(H,23,24)(H,25,26)(H,27,28)(H,29,30,31);;/q;2*+1/p-2/b10-9-;;. The summed E-state index contributed by atoms with van der Waals surface area (Å²) in [5, 5.41) is 23.5. The first-order chi connectivity index (χ1) is 15.1. The van der Waals surface area contributed by atoms with Crippen molar-refractivity contribution < 1.29 is 96.7 Å². The van der Waals surface area contributed by atoms with Gasteiger partial charge in [-0.25, -0.2) is 0 Å². The number of hydrogen-bond donors (Lipinski definition) is 2. The van der Waals surface area contributed by atoms with Gasteiger partial charge in [-0.3, -0.25) is 9.35 Å². The summed E-state index contributed by atoms with van der Waals surface area (Å²) in [5.41, 5.74) is 0. The van der Waals surface area contributed by atoms with E-state index in [2.05, 4.69) is 19.1 Å². The average Bonchev–Trinajstić information content (AvgIpc) is 2.69. The van der Waals surface area contributed by atoms with E-state index in [0.717, 1.165) is 32.1 Å². The Morgan fingerprint density at radius 3 is 1.68 bits per heavy atom. The molecule has 0 aliphatic heterocycles. The predicted octanol–water partition coefficient (Wildman–Crippen LogP) is -4.38. The zero-order valence-corrected chi connectivity index (χ0v) is 25.8. The van der Waals surface area contributed by atoms with Gasteiger partial charge in [0.05, 0.1) is 5.97 Å². The molecule has 0 saturated heterocycles. The second-order valence-corrected chi connectivity index (χ2v) is 9.67. The molecule has 0 fully saturated rings. The van der Waals surface area contributed by atoms with Crippen LogP contribution >= 0.6 is 0 Å². The first kappa shape index (κ1) is 38.6. The van der Waals surface area contributed by atoms with Crippen molar-refractivity contribution in [2.24, 2.45) is 0 Å². The average molecular weight is 522 g/mol. The van der Waals surface area contributed by atoms with Crippen LogP contribution in [0.15, 0.2) is 12.2 Å². The molecule has 0 saturated carbocycles. The van der Waals surface area contributed by atoms with Crippen molar-refractivity contribution in [2.45, 2.75) is 108 Å². The summed E-state index contributed by atoms with van der Waals surface area (Å²) >= 11 is 0. The third kappa shape index (κ3) is 17.5. The van der Waals surface area contributed by atoms with Gasteiger partial charge in [-0.15, -0.1) is 0 Å². The molecule has 0 aliphatic rings. The first-order valence-corrected chi connectivity index (χ1v) is 12.8. The van der Waals surface area contributed by atoms with Gasteiger partial charge in [-0.2, -0.15) is 8.42 Å². The van der Waals surface area contributed by atoms with Crippen LogP contribution in [0.2, 0.25) is 0 Å². The van der Waals surface area contributed by atoms with Gasteiger partial charge in [0.1, 0.15) is 0 Å². The molecule has 0 aliphatic carbocycles. The SMILES string of the molecule is CCCCCCCC/C=C\CCCCCCCC(=O)NC(CC(=O)[O-])(C(=O)[O-])S(=O)(=O)O.[Na+].[Na+]. The van der Waals surface area contributed by atoms with E-state index < -0.39 is 39.3 Å². The molecule has 1 amide bonds. The van der Waals surface area contributed by atoms with Crippen LogP contribution in [0.25, 0.3) is 0 Å². The number of aliphatic carboxylic acids is 2. The largest absolute Gasteiger partial charge is 1.00 e. The smallest absolute Gasteiger partial charge is 0.550 e. The molecular formula is C22H37NNa2O8S. The summed E-state index contributed by atoms with van der Waals surface area (Å²) in [5.74, 6) is -5.53. The van der Waals surface area contributed by atoms with Crippen LogP contribution in [-0.2, 0) is 24.5 Å². The monoisotopic (exact) mass is 521 g/mol. The molecule has 0 heterocycles. The molecule has 12 heteroatoms. The molecule has 0 bridgehead atoms. The van der Waals surface area contributed by atoms with E-state index in [4.69, 9.17) is 4.55 Å². The minimum absolute atomic E-state index is 0. The zero-order chi connectivity index (χ0) is 24.5. The maximum atomic E-state index is 11.9. The van der Waals surface area contributed by atoms with Crippen LogP contribution in [0.4, 0.5) is 0 Å². The van der Waals surface area contributed by atoms with Crippen LogP contribution in [0.5, 0.6) is 0 Å². The normalized spacial score (nSPS) is 12.9. The second-order valence-electron chi connectivity index (χ2n) is 8.02. The fourth-order valence-electron chi connectivity index (χ4n) is 3.28. The van der Waals surface area contributed by atoms with Gasteiger partial charge in [0.2, 0.25) is 10.8 Å². The summed E-state index contributed by atoms with van der Waals surface area (Å²) < 4.78 is 31.9. The van der Waals surface area contributed by atoms with Crippen molar-refractivity contribution in [1.29, 1.82) is 0 Å². The van der Waals surface area contributed by atoms with E-state index in [-0.39, 0.29) is 65.5 Å². The summed E-state index contributed by atoms with van der Waals surface area (Å²) in [6.45, 7) is 2.21. The number of rotatable bonds is 20. The topological polar surface area (TPSA) is 164 Å². The van der Waals surface area contributed by atoms with Crippen LogP contribution in [0, 0.1) is 0 Å². The molecule has 186 valence electrons. The van der Waals surface area contributed by atoms with Crippen molar-refractivity contribution in [2.75, 3.05) is 0 Å². The van der Waals surface area contributed by atoms with E-state index in [0.29, 0.717) is 12.8 Å². The van der Waals surface area contributed by atoms with E-state index in [1.165, 1.54) is 38.5 Å². The molecule has 34 heavy (non-hydrogen) atoms. The predicted molar refractivity (Wildman–Crippen MR) is 117 cm³/mol. The number of amides is 1. The summed E-state index contributed by atoms with van der Waals surface area (Å²) in [4.78, 5) is 30.4. The van der Waals surface area contributed by atoms with Gasteiger partial charge in [0.25, 0.3) is 10.1 Å². The molecule has 1 unspecified atom stereocenters. The van der Waals surface area contributed by atoms with Crippen molar-refractivity contribution in [3.63, 3.8) is 0 Å². The van der Waals surface area contributed by atoms with E-state index in [1.54, 1.807) is 5.32 Å². The minimum Gasteiger partial charge on any atom is -0.550 e. The van der Waals surface area contributed by atoms with Gasteiger partial charge >= 0.3 is 59.1 Å². The summed E-state index contributed by atoms with van der Waals surface area (Å²) in [7, 11) is -5.50. The van der Waals surface area contributed by atoms with Crippen LogP contribution in [-0.4, -0.2) is 35.7 Å². The zero-order valence-electron chi connectivity index (χ0n) is 21.0. The fourth-order valence-corrected chi connectivity index (χ4v) is 4.03. The number of carboxylic acids is 2. The molecule has 9 nitrogen and oxygen atoms in total. The number of hydrogen-bond acceptors (Lipinski definition) is 7. The van der Waals surface area contributed by atoms with Gasteiger partial charge < -0.3 is 25.1 Å². The molecule has 2 N–H and O–H groups in total. The Morgan fingerprint density at radius 1 is 0.824 bits per heavy atom. The molecule has 0 rings (SSSR count). The van der Waals surface area contributed by atoms with Crippen LogP contribution in [0.3, 0.4) is 0 Å². The van der Waals surface area contributed by atoms with Gasteiger partial charge in [-0.05, 0) is 32.1 Å². The Kier molecular flexibility index (Phi) is 25.3. The molecule has 0 aromatic rings. The van der Waals surface area contributed by atoms with Gasteiger partial charge in [0, 0.05) is 18.8 Å². The van der Waals surface area contributed by atoms with Crippen molar-refractivity contribution in [3.05, 3.63) is 12.2 Å². The van der Waals surface area contributed by atoms with Crippen LogP contribution in [0.1, 0.15) is 103 Å². The number of nitrogens with one attached hydrogen (secondary N) is 1. The number of carboxylic acid groups (broad SMARTS) is 2. The Hall–Kier alpha value is 0.0600. The Labute approximate surface area is 248 Å². The molecule has 0 aromatic carbocycles. The third-order valence-electron chi connectivity index (χ3n) is 5.17. The fraction of sp³-hybridized carbons (Fsp3) is 0.773. The number of carbonyl (C=O) groups is 3. The third-order valence-corrected chi connectivity index (χ3v) is 6.46. The van der Waals surface area contributed by atoms with Crippen molar-refractivity contribution in [1.82, 2.24) is 5.32 Å². The van der Waals surface area contributed by atoms with Gasteiger partial charge in [-0.1, -0.05) is 70.4 Å². The quantitative estimate of drug-likeness (QED) is 0.0702. The number of allylic oxidation sites excluding steroid dienone is 2. The number of carbonyl (C=O) groups excluding carboxylic acids is 3. The molecule has 0 aromatic heterocycles. The van der Waals surface area contributed by atoms with E-state index in [1.807, 2.05) is 0 Å². The van der Waals surface area contributed by atoms with E-state index >= 15 is 0 Å². The minimum atomic E-state index is -5.50. The Bertz CT molecular complexity index is 716. The first-order valence-electron chi connectivity index (χ1n) is 11.4. The Balaban J connectivity index is -0.00000480. The van der Waals surface area contributed by atoms with Crippen molar-refractivity contribution >= 4 is 28.0 Å². The van der Waals surface area contributed by atoms with Crippen molar-refractivity contribution in [3.8, 4) is 0 Å². The summed E-state index contributed by atoms with van der Waals surface area (Å²) in [6, 6.07) is 0. The Morgan fingerprint density at radius 2 is 1.26 bits per heavy atom. The molecule has 0 spiro atoms.